The van der Waals surface area contributed by atoms with E-state index in [9.17, 15) is 19.5 Å². The molecule has 0 spiro atoms. The molecule has 0 radical (unpaired) electrons. The van der Waals surface area contributed by atoms with Gasteiger partial charge in [0.1, 0.15) is 11.3 Å². The van der Waals surface area contributed by atoms with Crippen molar-refractivity contribution in [2.75, 3.05) is 18.1 Å². The van der Waals surface area contributed by atoms with E-state index >= 15 is 0 Å². The molecule has 0 aliphatic carbocycles. The highest BCUT2D eigenvalue weighted by molar-refractivity contribution is 7.99. The zero-order valence-electron chi connectivity index (χ0n) is 13.5. The smallest absolute Gasteiger partial charge is 0.330 e. The normalized spacial score (nSPS) is 19.7. The Labute approximate surface area is 145 Å². The second-order valence-electron chi connectivity index (χ2n) is 5.77. The fraction of sp³-hybridized carbons (Fsp3) is 0.471. The van der Waals surface area contributed by atoms with Gasteiger partial charge in [0.05, 0.1) is 6.61 Å². The minimum atomic E-state index is -1.12. The van der Waals surface area contributed by atoms with Crippen molar-refractivity contribution in [3.05, 3.63) is 29.8 Å². The van der Waals surface area contributed by atoms with Crippen LogP contribution in [-0.4, -0.2) is 46.4 Å². The quantitative estimate of drug-likeness (QED) is 0.550. The number of rotatable bonds is 8. The molecule has 130 valence electrons. The van der Waals surface area contributed by atoms with Crippen molar-refractivity contribution in [3.8, 4) is 5.75 Å². The molecule has 1 fully saturated rings. The summed E-state index contributed by atoms with van der Waals surface area (Å²) >= 11 is 1.54. The molecule has 1 saturated heterocycles. The van der Waals surface area contributed by atoms with Crippen LogP contribution < -0.4 is 10.1 Å². The van der Waals surface area contributed by atoms with Gasteiger partial charge in [-0.2, -0.15) is 11.8 Å². The zero-order valence-corrected chi connectivity index (χ0v) is 14.4. The van der Waals surface area contributed by atoms with E-state index in [1.807, 2.05) is 0 Å². The molecule has 1 aromatic rings. The van der Waals surface area contributed by atoms with Crippen LogP contribution in [0.4, 0.5) is 0 Å². The molecule has 0 bridgehead atoms. The summed E-state index contributed by atoms with van der Waals surface area (Å²) in [4.78, 5) is 34.5. The molecular weight excluding hydrogens is 330 g/mol. The Morgan fingerprint density at radius 2 is 2.00 bits per heavy atom. The maximum atomic E-state index is 12.0. The lowest BCUT2D eigenvalue weighted by Gasteiger charge is -2.24. The van der Waals surface area contributed by atoms with Gasteiger partial charge in [0.25, 0.3) is 0 Å². The van der Waals surface area contributed by atoms with E-state index in [1.165, 1.54) is 18.7 Å². The van der Waals surface area contributed by atoms with Gasteiger partial charge in [0, 0.05) is 17.7 Å². The molecule has 1 heterocycles. The summed E-state index contributed by atoms with van der Waals surface area (Å²) in [6.07, 6.45) is 1.16. The Morgan fingerprint density at radius 1 is 1.29 bits per heavy atom. The van der Waals surface area contributed by atoms with Crippen LogP contribution in [0.1, 0.15) is 36.5 Å². The van der Waals surface area contributed by atoms with Crippen LogP contribution in [0.25, 0.3) is 0 Å². The van der Waals surface area contributed by atoms with E-state index in [0.717, 1.165) is 5.75 Å². The number of Topliss-reactive ketones (excluding diaryl/α,β-unsaturated/α-hetero) is 1. The van der Waals surface area contributed by atoms with Gasteiger partial charge in [0.15, 0.2) is 5.78 Å². The number of carboxylic acids is 1. The van der Waals surface area contributed by atoms with Gasteiger partial charge in [0.2, 0.25) is 5.91 Å². The fourth-order valence-corrected chi connectivity index (χ4v) is 3.75. The molecule has 24 heavy (non-hydrogen) atoms. The lowest BCUT2D eigenvalue weighted by molar-refractivity contribution is -0.146. The van der Waals surface area contributed by atoms with Crippen molar-refractivity contribution >= 4 is 29.4 Å². The molecule has 1 aliphatic heterocycles. The Morgan fingerprint density at radius 3 is 2.54 bits per heavy atom. The summed E-state index contributed by atoms with van der Waals surface area (Å²) < 4.78 is 5.52. The van der Waals surface area contributed by atoms with Gasteiger partial charge < -0.3 is 15.2 Å². The largest absolute Gasteiger partial charge is 0.494 e. The third kappa shape index (κ3) is 4.74. The number of ketones is 1. The number of carboxylic acid groups (broad SMARTS) is 1. The minimum absolute atomic E-state index is 0.00402. The van der Waals surface area contributed by atoms with E-state index in [1.54, 1.807) is 24.3 Å². The Balaban J connectivity index is 1.72. The van der Waals surface area contributed by atoms with Crippen molar-refractivity contribution in [1.29, 1.82) is 0 Å². The van der Waals surface area contributed by atoms with Crippen molar-refractivity contribution in [2.45, 2.75) is 31.7 Å². The van der Waals surface area contributed by atoms with Gasteiger partial charge in [-0.25, -0.2) is 4.79 Å². The van der Waals surface area contributed by atoms with E-state index in [-0.39, 0.29) is 18.1 Å². The molecule has 1 unspecified atom stereocenters. The number of carbonyl (C=O) groups is 3. The maximum absolute atomic E-state index is 12.0. The lowest BCUT2D eigenvalue weighted by Crippen LogP contribution is -2.54. The molecular formula is C17H21NO5S. The van der Waals surface area contributed by atoms with Crippen LogP contribution >= 0.6 is 11.8 Å². The van der Waals surface area contributed by atoms with Crippen LogP contribution in [0, 0.1) is 0 Å². The van der Waals surface area contributed by atoms with E-state index in [0.29, 0.717) is 36.5 Å². The molecule has 0 aromatic heterocycles. The molecule has 1 atom stereocenters. The van der Waals surface area contributed by atoms with Crippen molar-refractivity contribution in [2.24, 2.45) is 0 Å². The van der Waals surface area contributed by atoms with Crippen LogP contribution in [0.2, 0.25) is 0 Å². The first-order valence-corrected chi connectivity index (χ1v) is 8.94. The minimum Gasteiger partial charge on any atom is -0.494 e. The predicted octanol–water partition coefficient (Wildman–Crippen LogP) is 2.12. The first-order valence-electron chi connectivity index (χ1n) is 7.79. The molecule has 1 aliphatic rings. The second-order valence-corrected chi connectivity index (χ2v) is 6.88. The summed E-state index contributed by atoms with van der Waals surface area (Å²) in [7, 11) is 0. The summed E-state index contributed by atoms with van der Waals surface area (Å²) in [6, 6.07) is 6.81. The van der Waals surface area contributed by atoms with Crippen LogP contribution in [0.15, 0.2) is 24.3 Å². The van der Waals surface area contributed by atoms with Gasteiger partial charge in [-0.3, -0.25) is 9.59 Å². The van der Waals surface area contributed by atoms with Gasteiger partial charge in [-0.15, -0.1) is 0 Å². The monoisotopic (exact) mass is 351 g/mol. The third-order valence-electron chi connectivity index (χ3n) is 3.89. The van der Waals surface area contributed by atoms with Gasteiger partial charge in [-0.1, -0.05) is 0 Å². The number of aliphatic carboxylic acids is 1. The number of benzene rings is 1. The number of amides is 1. The number of carbonyl (C=O) groups excluding carboxylic acids is 2. The standard InChI is InChI=1S/C17H21NO5S/c1-12(19)13-4-6-14(7-5-13)23-9-2-3-15(20)18-17(16(21)22)8-10-24-11-17/h4-7H,2-3,8-11H2,1H3,(H,18,20)(H,21,22). The highest BCUT2D eigenvalue weighted by Gasteiger charge is 2.43. The summed E-state index contributed by atoms with van der Waals surface area (Å²) in [5, 5.41) is 12.0. The van der Waals surface area contributed by atoms with Crippen LogP contribution in [0.3, 0.4) is 0 Å². The Hall–Kier alpha value is -2.02. The van der Waals surface area contributed by atoms with E-state index in [2.05, 4.69) is 5.32 Å². The average Bonchev–Trinajstić information content (AvgIpc) is 3.02. The number of nitrogens with one attached hydrogen (secondary N) is 1. The maximum Gasteiger partial charge on any atom is 0.330 e. The molecule has 2 N–H and O–H groups in total. The van der Waals surface area contributed by atoms with E-state index < -0.39 is 11.5 Å². The molecule has 1 amide bonds. The predicted molar refractivity (Wildman–Crippen MR) is 91.6 cm³/mol. The zero-order chi connectivity index (χ0) is 17.6. The summed E-state index contributed by atoms with van der Waals surface area (Å²) in [5.41, 5.74) is -0.499. The molecule has 2 rings (SSSR count). The highest BCUT2D eigenvalue weighted by atomic mass is 32.2. The van der Waals surface area contributed by atoms with Gasteiger partial charge in [-0.05, 0) is 49.8 Å². The number of hydrogen-bond donors (Lipinski definition) is 2. The third-order valence-corrected chi connectivity index (χ3v) is 5.08. The van der Waals surface area contributed by atoms with Crippen molar-refractivity contribution < 1.29 is 24.2 Å². The molecule has 0 saturated carbocycles. The Bertz CT molecular complexity index is 608. The molecule has 7 heteroatoms. The lowest BCUT2D eigenvalue weighted by atomic mass is 9.99. The average molecular weight is 351 g/mol. The first kappa shape index (κ1) is 18.3. The number of ether oxygens (including phenoxy) is 1. The topological polar surface area (TPSA) is 92.7 Å². The van der Waals surface area contributed by atoms with Crippen LogP contribution in [0.5, 0.6) is 5.75 Å². The van der Waals surface area contributed by atoms with Crippen LogP contribution in [-0.2, 0) is 9.59 Å². The second kappa shape index (κ2) is 8.19. The first-order chi connectivity index (χ1) is 11.4. The van der Waals surface area contributed by atoms with Crippen molar-refractivity contribution in [3.63, 3.8) is 0 Å². The molecule has 1 aromatic carbocycles. The highest BCUT2D eigenvalue weighted by Crippen LogP contribution is 2.28. The number of thioether (sulfide) groups is 1. The Kier molecular flexibility index (Phi) is 6.25. The number of hydrogen-bond acceptors (Lipinski definition) is 5. The SMILES string of the molecule is CC(=O)c1ccc(OCCCC(=O)NC2(C(=O)O)CCSC2)cc1. The van der Waals surface area contributed by atoms with Gasteiger partial charge >= 0.3 is 5.97 Å². The fourth-order valence-electron chi connectivity index (χ4n) is 2.42. The van der Waals surface area contributed by atoms with E-state index in [4.69, 9.17) is 4.74 Å². The summed E-state index contributed by atoms with van der Waals surface area (Å²) in [5.74, 6) is 0.544. The van der Waals surface area contributed by atoms with Crippen molar-refractivity contribution in [1.82, 2.24) is 5.32 Å². The molecule has 6 nitrogen and oxygen atoms in total. The summed E-state index contributed by atoms with van der Waals surface area (Å²) in [6.45, 7) is 1.85.